The molecule has 1 atom stereocenters. The summed E-state index contributed by atoms with van der Waals surface area (Å²) >= 11 is 0. The van der Waals surface area contributed by atoms with Crippen LogP contribution in [0, 0.1) is 0 Å². The predicted octanol–water partition coefficient (Wildman–Crippen LogP) is 0.938. The van der Waals surface area contributed by atoms with Crippen molar-refractivity contribution in [2.24, 2.45) is 0 Å². The third-order valence-corrected chi connectivity index (χ3v) is 1.74. The van der Waals surface area contributed by atoms with Crippen LogP contribution in [-0.4, -0.2) is 22.1 Å². The van der Waals surface area contributed by atoms with E-state index in [2.05, 4.69) is 15.5 Å². The van der Waals surface area contributed by atoms with Crippen LogP contribution in [0.1, 0.15) is 30.8 Å². The number of rotatable bonds is 3. The van der Waals surface area contributed by atoms with Gasteiger partial charge in [0.1, 0.15) is 5.69 Å². The second-order valence-corrected chi connectivity index (χ2v) is 2.75. The Kier molecular flexibility index (Phi) is 2.85. The number of amides is 1. The molecule has 2 N–H and O–H groups in total. The maximum Gasteiger partial charge on any atom is 0.269 e. The van der Waals surface area contributed by atoms with Crippen LogP contribution >= 0.6 is 0 Å². The van der Waals surface area contributed by atoms with Crippen molar-refractivity contribution in [1.82, 2.24) is 15.5 Å². The summed E-state index contributed by atoms with van der Waals surface area (Å²) in [5, 5.41) is 9.12. The highest BCUT2D eigenvalue weighted by atomic mass is 16.2. The average Bonchev–Trinajstić information content (AvgIpc) is 2.56. The summed E-state index contributed by atoms with van der Waals surface area (Å²) in [6.07, 6.45) is 2.49. The van der Waals surface area contributed by atoms with Crippen LogP contribution in [0.25, 0.3) is 0 Å². The zero-order valence-corrected chi connectivity index (χ0v) is 7.29. The van der Waals surface area contributed by atoms with Crippen molar-refractivity contribution in [3.63, 3.8) is 0 Å². The molecule has 0 aliphatic heterocycles. The smallest absolute Gasteiger partial charge is 0.269 e. The van der Waals surface area contributed by atoms with Gasteiger partial charge in [0.15, 0.2) is 0 Å². The lowest BCUT2D eigenvalue weighted by molar-refractivity contribution is 0.0934. The van der Waals surface area contributed by atoms with Crippen LogP contribution in [0.3, 0.4) is 0 Å². The monoisotopic (exact) mass is 167 g/mol. The van der Waals surface area contributed by atoms with E-state index in [9.17, 15) is 4.79 Å². The number of nitrogens with zero attached hydrogens (tertiary/aromatic N) is 1. The Morgan fingerprint density at radius 3 is 3.08 bits per heavy atom. The zero-order valence-electron chi connectivity index (χ0n) is 7.29. The number of hydrogen-bond donors (Lipinski definition) is 2. The Morgan fingerprint density at radius 1 is 1.83 bits per heavy atom. The van der Waals surface area contributed by atoms with Crippen LogP contribution in [0.4, 0.5) is 0 Å². The minimum absolute atomic E-state index is 0.0955. The summed E-state index contributed by atoms with van der Waals surface area (Å²) in [6, 6.07) is 1.86. The molecule has 0 saturated heterocycles. The Balaban J connectivity index is 2.50. The first kappa shape index (κ1) is 8.77. The molecule has 0 aliphatic carbocycles. The van der Waals surface area contributed by atoms with E-state index in [0.717, 1.165) is 6.42 Å². The van der Waals surface area contributed by atoms with Gasteiger partial charge in [0.25, 0.3) is 5.91 Å². The summed E-state index contributed by atoms with van der Waals surface area (Å²) in [7, 11) is 0. The first-order chi connectivity index (χ1) is 5.74. The van der Waals surface area contributed by atoms with E-state index < -0.39 is 0 Å². The molecule has 1 aromatic heterocycles. The molecule has 0 bridgehead atoms. The van der Waals surface area contributed by atoms with Gasteiger partial charge in [0.2, 0.25) is 0 Å². The molecular formula is C8H13N3O. The zero-order chi connectivity index (χ0) is 8.97. The van der Waals surface area contributed by atoms with Crippen molar-refractivity contribution >= 4 is 5.91 Å². The van der Waals surface area contributed by atoms with Crippen LogP contribution in [-0.2, 0) is 0 Å². The Hall–Kier alpha value is -1.32. The van der Waals surface area contributed by atoms with Crippen molar-refractivity contribution < 1.29 is 4.79 Å². The molecule has 1 rings (SSSR count). The molecule has 4 heteroatoms. The van der Waals surface area contributed by atoms with E-state index >= 15 is 0 Å². The largest absolute Gasteiger partial charge is 0.348 e. The molecule has 0 saturated carbocycles. The molecule has 1 amide bonds. The highest BCUT2D eigenvalue weighted by molar-refractivity contribution is 5.92. The van der Waals surface area contributed by atoms with E-state index in [1.54, 1.807) is 12.3 Å². The molecule has 0 aromatic carbocycles. The van der Waals surface area contributed by atoms with E-state index in [1.165, 1.54) is 0 Å². The van der Waals surface area contributed by atoms with Crippen molar-refractivity contribution in [2.75, 3.05) is 0 Å². The van der Waals surface area contributed by atoms with Gasteiger partial charge >= 0.3 is 0 Å². The van der Waals surface area contributed by atoms with Gasteiger partial charge in [0, 0.05) is 12.2 Å². The molecule has 0 spiro atoms. The van der Waals surface area contributed by atoms with E-state index in [0.29, 0.717) is 5.69 Å². The molecule has 4 nitrogen and oxygen atoms in total. The third-order valence-electron chi connectivity index (χ3n) is 1.74. The van der Waals surface area contributed by atoms with Crippen LogP contribution in [0.15, 0.2) is 12.3 Å². The Morgan fingerprint density at radius 2 is 2.58 bits per heavy atom. The normalized spacial score (nSPS) is 12.5. The van der Waals surface area contributed by atoms with Crippen molar-refractivity contribution in [1.29, 1.82) is 0 Å². The van der Waals surface area contributed by atoms with Gasteiger partial charge < -0.3 is 5.32 Å². The summed E-state index contributed by atoms with van der Waals surface area (Å²) in [6.45, 7) is 3.99. The summed E-state index contributed by atoms with van der Waals surface area (Å²) in [5.41, 5.74) is 0.510. The highest BCUT2D eigenvalue weighted by Crippen LogP contribution is 1.94. The molecule has 1 aromatic rings. The first-order valence-electron chi connectivity index (χ1n) is 4.04. The molecule has 0 radical (unpaired) electrons. The second kappa shape index (κ2) is 3.90. The van der Waals surface area contributed by atoms with Crippen LogP contribution in [0.5, 0.6) is 0 Å². The van der Waals surface area contributed by atoms with Crippen LogP contribution < -0.4 is 5.32 Å². The van der Waals surface area contributed by atoms with E-state index in [-0.39, 0.29) is 11.9 Å². The van der Waals surface area contributed by atoms with E-state index in [1.807, 2.05) is 13.8 Å². The minimum Gasteiger partial charge on any atom is -0.348 e. The quantitative estimate of drug-likeness (QED) is 0.703. The topological polar surface area (TPSA) is 57.8 Å². The fraction of sp³-hybridized carbons (Fsp3) is 0.500. The number of aromatic amines is 1. The molecule has 0 fully saturated rings. The SMILES string of the molecule is CC[C@@H](C)NC(=O)c1ccn[nH]1. The van der Waals surface area contributed by atoms with Gasteiger partial charge in [-0.15, -0.1) is 0 Å². The fourth-order valence-electron chi connectivity index (χ4n) is 0.786. The number of carbonyl (C=O) groups excluding carboxylic acids is 1. The van der Waals surface area contributed by atoms with Gasteiger partial charge in [0.05, 0.1) is 0 Å². The summed E-state index contributed by atoms with van der Waals surface area (Å²) < 4.78 is 0. The highest BCUT2D eigenvalue weighted by Gasteiger charge is 2.08. The number of carbonyl (C=O) groups is 1. The number of H-pyrrole nitrogens is 1. The lowest BCUT2D eigenvalue weighted by Crippen LogP contribution is -2.32. The molecule has 0 aliphatic rings. The Bertz CT molecular complexity index is 243. The van der Waals surface area contributed by atoms with E-state index in [4.69, 9.17) is 0 Å². The Labute approximate surface area is 71.4 Å². The molecule has 0 unspecified atom stereocenters. The van der Waals surface area contributed by atoms with Gasteiger partial charge in [-0.25, -0.2) is 0 Å². The first-order valence-corrected chi connectivity index (χ1v) is 4.04. The lowest BCUT2D eigenvalue weighted by Gasteiger charge is -2.09. The molecule has 66 valence electrons. The van der Waals surface area contributed by atoms with Gasteiger partial charge in [-0.3, -0.25) is 9.89 Å². The molecule has 12 heavy (non-hydrogen) atoms. The van der Waals surface area contributed by atoms with Crippen molar-refractivity contribution in [2.45, 2.75) is 26.3 Å². The van der Waals surface area contributed by atoms with Crippen molar-refractivity contribution in [3.05, 3.63) is 18.0 Å². The van der Waals surface area contributed by atoms with Gasteiger partial charge in [-0.05, 0) is 19.4 Å². The third kappa shape index (κ3) is 2.08. The fourth-order valence-corrected chi connectivity index (χ4v) is 0.786. The van der Waals surface area contributed by atoms with Crippen molar-refractivity contribution in [3.8, 4) is 0 Å². The standard InChI is InChI=1S/C8H13N3O/c1-3-6(2)10-8(12)7-4-5-9-11-7/h4-6H,3H2,1-2H3,(H,9,11)(H,10,12)/t6-/m1/s1. The molecule has 1 heterocycles. The molecular weight excluding hydrogens is 154 g/mol. The predicted molar refractivity (Wildman–Crippen MR) is 45.8 cm³/mol. The van der Waals surface area contributed by atoms with Crippen LogP contribution in [0.2, 0.25) is 0 Å². The number of aromatic nitrogens is 2. The minimum atomic E-state index is -0.0955. The number of nitrogens with one attached hydrogen (secondary N) is 2. The maximum absolute atomic E-state index is 11.3. The average molecular weight is 167 g/mol. The second-order valence-electron chi connectivity index (χ2n) is 2.75. The van der Waals surface area contributed by atoms with Gasteiger partial charge in [-0.1, -0.05) is 6.92 Å². The maximum atomic E-state index is 11.3. The van der Waals surface area contributed by atoms with Gasteiger partial charge in [-0.2, -0.15) is 5.10 Å². The summed E-state index contributed by atoms with van der Waals surface area (Å²) in [5.74, 6) is -0.0955. The summed E-state index contributed by atoms with van der Waals surface area (Å²) in [4.78, 5) is 11.3. The lowest BCUT2D eigenvalue weighted by atomic mass is 10.2. The number of hydrogen-bond acceptors (Lipinski definition) is 2.